The molecule has 2 aromatic rings. The lowest BCUT2D eigenvalue weighted by Crippen LogP contribution is -2.42. The van der Waals surface area contributed by atoms with E-state index >= 15 is 0 Å². The van der Waals surface area contributed by atoms with Gasteiger partial charge in [0.1, 0.15) is 12.4 Å². The number of hydrogen-bond acceptors (Lipinski definition) is 3. The summed E-state index contributed by atoms with van der Waals surface area (Å²) in [4.78, 5) is 28.4. The minimum absolute atomic E-state index is 0.0544. The summed E-state index contributed by atoms with van der Waals surface area (Å²) in [6, 6.07) is 14.1. The molecule has 6 heteroatoms. The van der Waals surface area contributed by atoms with Crippen molar-refractivity contribution in [3.8, 4) is 5.75 Å². The summed E-state index contributed by atoms with van der Waals surface area (Å²) in [5.74, 6) is 0.398. The van der Waals surface area contributed by atoms with Crippen LogP contribution in [0.25, 0.3) is 0 Å². The molecule has 1 heterocycles. The second kappa shape index (κ2) is 7.57. The molecule has 130 valence electrons. The van der Waals surface area contributed by atoms with Gasteiger partial charge in [0.05, 0.1) is 12.8 Å². The molecule has 0 saturated carbocycles. The van der Waals surface area contributed by atoms with Gasteiger partial charge in [0.2, 0.25) is 5.91 Å². The van der Waals surface area contributed by atoms with Crippen molar-refractivity contribution in [1.82, 2.24) is 4.90 Å². The van der Waals surface area contributed by atoms with Crippen LogP contribution in [0.3, 0.4) is 0 Å². The molecule has 2 amide bonds. The highest BCUT2D eigenvalue weighted by molar-refractivity contribution is 6.31. The molecule has 1 fully saturated rings. The molecule has 0 unspecified atom stereocenters. The van der Waals surface area contributed by atoms with E-state index in [0.717, 1.165) is 6.42 Å². The van der Waals surface area contributed by atoms with Crippen molar-refractivity contribution in [2.75, 3.05) is 25.2 Å². The number of anilines is 1. The first kappa shape index (κ1) is 17.3. The molecule has 0 atom stereocenters. The summed E-state index contributed by atoms with van der Waals surface area (Å²) in [5, 5.41) is 0.489. The molecule has 1 aliphatic heterocycles. The smallest absolute Gasteiger partial charge is 0.259 e. The Balaban J connectivity index is 1.99. The number of carbonyl (C=O) groups excluding carboxylic acids is 2. The highest BCUT2D eigenvalue weighted by Gasteiger charge is 2.27. The number of carbonyl (C=O) groups is 2. The molecule has 5 nitrogen and oxygen atoms in total. The van der Waals surface area contributed by atoms with Crippen molar-refractivity contribution >= 4 is 29.1 Å². The Morgan fingerprint density at radius 1 is 1.24 bits per heavy atom. The zero-order valence-corrected chi connectivity index (χ0v) is 14.7. The van der Waals surface area contributed by atoms with Gasteiger partial charge in [0.25, 0.3) is 5.91 Å². The predicted octanol–water partition coefficient (Wildman–Crippen LogP) is 3.58. The number of rotatable bonds is 5. The van der Waals surface area contributed by atoms with E-state index in [1.807, 2.05) is 18.2 Å². The summed E-state index contributed by atoms with van der Waals surface area (Å²) in [7, 11) is 1.56. The van der Waals surface area contributed by atoms with Gasteiger partial charge in [0.15, 0.2) is 0 Å². The van der Waals surface area contributed by atoms with Crippen LogP contribution < -0.4 is 9.64 Å². The molecule has 0 aromatic heterocycles. The van der Waals surface area contributed by atoms with Crippen LogP contribution in [0.15, 0.2) is 48.5 Å². The number of nitrogens with zero attached hydrogens (tertiary/aromatic N) is 2. The predicted molar refractivity (Wildman–Crippen MR) is 97.1 cm³/mol. The maximum absolute atomic E-state index is 13.1. The van der Waals surface area contributed by atoms with E-state index in [1.165, 1.54) is 0 Å². The largest absolute Gasteiger partial charge is 0.495 e. The minimum Gasteiger partial charge on any atom is -0.495 e. The van der Waals surface area contributed by atoms with Gasteiger partial charge in [-0.1, -0.05) is 29.8 Å². The summed E-state index contributed by atoms with van der Waals surface area (Å²) in [6.07, 6.45) is 1.33. The van der Waals surface area contributed by atoms with Crippen molar-refractivity contribution in [3.05, 3.63) is 59.1 Å². The summed E-state index contributed by atoms with van der Waals surface area (Å²) < 4.78 is 5.40. The zero-order chi connectivity index (χ0) is 17.8. The summed E-state index contributed by atoms with van der Waals surface area (Å²) >= 11 is 6.03. The Morgan fingerprint density at radius 2 is 2.04 bits per heavy atom. The number of halogens is 1. The third-order valence-electron chi connectivity index (χ3n) is 4.18. The zero-order valence-electron chi connectivity index (χ0n) is 13.9. The van der Waals surface area contributed by atoms with Crippen LogP contribution in [0, 0.1) is 0 Å². The first-order valence-electron chi connectivity index (χ1n) is 8.08. The van der Waals surface area contributed by atoms with Crippen LogP contribution in [-0.4, -0.2) is 37.0 Å². The Morgan fingerprint density at radius 3 is 2.72 bits per heavy atom. The average molecular weight is 359 g/mol. The van der Waals surface area contributed by atoms with Crippen molar-refractivity contribution in [1.29, 1.82) is 0 Å². The topological polar surface area (TPSA) is 49.9 Å². The number of amides is 2. The average Bonchev–Trinajstić information content (AvgIpc) is 3.04. The van der Waals surface area contributed by atoms with Gasteiger partial charge in [-0.15, -0.1) is 0 Å². The van der Waals surface area contributed by atoms with Crippen molar-refractivity contribution in [2.24, 2.45) is 0 Å². The number of methoxy groups -OCH3 is 1. The van der Waals surface area contributed by atoms with E-state index < -0.39 is 0 Å². The van der Waals surface area contributed by atoms with E-state index in [0.29, 0.717) is 35.0 Å². The number of likely N-dealkylation sites (tertiary alicyclic amines) is 1. The van der Waals surface area contributed by atoms with Crippen molar-refractivity contribution in [3.63, 3.8) is 0 Å². The lowest BCUT2D eigenvalue weighted by Gasteiger charge is -2.29. The molecule has 2 aromatic carbocycles. The standard InChI is InChI=1S/C19H19ClN2O3/c1-25-17-9-3-2-8-16(17)22(13-21-11-5-10-18(21)23)19(24)14-6-4-7-15(20)12-14/h2-4,6-9,12H,5,10-11,13H2,1H3. The molecular weight excluding hydrogens is 340 g/mol. The van der Waals surface area contributed by atoms with Crippen LogP contribution >= 0.6 is 11.6 Å². The lowest BCUT2D eigenvalue weighted by molar-refractivity contribution is -0.127. The molecule has 0 N–H and O–H groups in total. The van der Waals surface area contributed by atoms with Crippen LogP contribution in [0.1, 0.15) is 23.2 Å². The first-order valence-corrected chi connectivity index (χ1v) is 8.46. The summed E-state index contributed by atoms with van der Waals surface area (Å²) in [6.45, 7) is 0.831. The Labute approximate surface area is 151 Å². The fourth-order valence-corrected chi connectivity index (χ4v) is 3.09. The van der Waals surface area contributed by atoms with E-state index in [2.05, 4.69) is 0 Å². The lowest BCUT2D eigenvalue weighted by atomic mass is 10.1. The molecule has 25 heavy (non-hydrogen) atoms. The Bertz CT molecular complexity index is 794. The molecule has 1 saturated heterocycles. The molecule has 0 spiro atoms. The maximum atomic E-state index is 13.1. The van der Waals surface area contributed by atoms with Crippen molar-refractivity contribution < 1.29 is 14.3 Å². The second-order valence-electron chi connectivity index (χ2n) is 5.82. The fraction of sp³-hybridized carbons (Fsp3) is 0.263. The number of para-hydroxylation sites is 2. The van der Waals surface area contributed by atoms with Gasteiger partial charge in [-0.2, -0.15) is 0 Å². The van der Waals surface area contributed by atoms with E-state index in [9.17, 15) is 9.59 Å². The van der Waals surface area contributed by atoms with Gasteiger partial charge in [0, 0.05) is 23.6 Å². The van der Waals surface area contributed by atoms with E-state index in [-0.39, 0.29) is 18.5 Å². The highest BCUT2D eigenvalue weighted by Crippen LogP contribution is 2.30. The molecule has 0 bridgehead atoms. The number of benzene rings is 2. The molecule has 1 aliphatic rings. The van der Waals surface area contributed by atoms with Gasteiger partial charge in [-0.3, -0.25) is 14.5 Å². The van der Waals surface area contributed by atoms with Gasteiger partial charge < -0.3 is 9.64 Å². The van der Waals surface area contributed by atoms with E-state index in [4.69, 9.17) is 16.3 Å². The molecule has 0 radical (unpaired) electrons. The SMILES string of the molecule is COc1ccccc1N(CN1CCCC1=O)C(=O)c1cccc(Cl)c1. The maximum Gasteiger partial charge on any atom is 0.259 e. The Hall–Kier alpha value is -2.53. The molecule has 3 rings (SSSR count). The van der Waals surface area contributed by atoms with E-state index in [1.54, 1.807) is 47.2 Å². The quantitative estimate of drug-likeness (QED) is 0.821. The molecular formula is C19H19ClN2O3. The third-order valence-corrected chi connectivity index (χ3v) is 4.41. The number of hydrogen-bond donors (Lipinski definition) is 0. The minimum atomic E-state index is -0.230. The normalized spacial score (nSPS) is 13.8. The van der Waals surface area contributed by atoms with Gasteiger partial charge in [-0.25, -0.2) is 0 Å². The third kappa shape index (κ3) is 3.77. The Kier molecular flexibility index (Phi) is 5.24. The van der Waals surface area contributed by atoms with Gasteiger partial charge in [-0.05, 0) is 36.8 Å². The monoisotopic (exact) mass is 358 g/mol. The van der Waals surface area contributed by atoms with Crippen LogP contribution in [0.5, 0.6) is 5.75 Å². The molecule has 0 aliphatic carbocycles. The van der Waals surface area contributed by atoms with Gasteiger partial charge >= 0.3 is 0 Å². The fourth-order valence-electron chi connectivity index (χ4n) is 2.90. The van der Waals surface area contributed by atoms with Crippen LogP contribution in [-0.2, 0) is 4.79 Å². The second-order valence-corrected chi connectivity index (χ2v) is 6.25. The highest BCUT2D eigenvalue weighted by atomic mass is 35.5. The summed E-state index contributed by atoms with van der Waals surface area (Å²) in [5.41, 5.74) is 1.08. The number of ether oxygens (including phenoxy) is 1. The van der Waals surface area contributed by atoms with Crippen LogP contribution in [0.4, 0.5) is 5.69 Å². The first-order chi connectivity index (χ1) is 12.1. The van der Waals surface area contributed by atoms with Crippen LogP contribution in [0.2, 0.25) is 5.02 Å². The van der Waals surface area contributed by atoms with Crippen molar-refractivity contribution in [2.45, 2.75) is 12.8 Å².